The lowest BCUT2D eigenvalue weighted by Gasteiger charge is -1.99. The molecule has 0 spiro atoms. The van der Waals surface area contributed by atoms with Gasteiger partial charge in [-0.1, -0.05) is 12.1 Å². The predicted molar refractivity (Wildman–Crippen MR) is 46.6 cm³/mol. The van der Waals surface area contributed by atoms with Crippen LogP contribution in [-0.4, -0.2) is 13.7 Å². The predicted octanol–water partition coefficient (Wildman–Crippen LogP) is 2.40. The number of rotatable bonds is 4. The maximum atomic E-state index is 12.5. The summed E-state index contributed by atoms with van der Waals surface area (Å²) in [6, 6.07) is 6.60. The maximum absolute atomic E-state index is 12.5. The minimum atomic E-state index is -0.175. The Morgan fingerprint density at radius 1 is 1.25 bits per heavy atom. The molecule has 0 heterocycles. The smallest absolute Gasteiger partial charge is 0.123 e. The van der Waals surface area contributed by atoms with Crippen LogP contribution in [-0.2, 0) is 11.2 Å². The molecule has 0 saturated carbocycles. The van der Waals surface area contributed by atoms with Gasteiger partial charge in [-0.3, -0.25) is 0 Å². The molecule has 0 aliphatic rings. The molecule has 0 aliphatic heterocycles. The molecule has 0 atom stereocenters. The summed E-state index contributed by atoms with van der Waals surface area (Å²) in [5, 5.41) is 0. The highest BCUT2D eigenvalue weighted by molar-refractivity contribution is 5.15. The molecule has 12 heavy (non-hydrogen) atoms. The van der Waals surface area contributed by atoms with Crippen LogP contribution >= 0.6 is 0 Å². The largest absolute Gasteiger partial charge is 0.385 e. The zero-order valence-corrected chi connectivity index (χ0v) is 7.22. The average Bonchev–Trinajstić information content (AvgIpc) is 2.09. The topological polar surface area (TPSA) is 9.23 Å². The van der Waals surface area contributed by atoms with Crippen LogP contribution in [0.4, 0.5) is 4.39 Å². The summed E-state index contributed by atoms with van der Waals surface area (Å²) >= 11 is 0. The Morgan fingerprint density at radius 3 is 2.50 bits per heavy atom. The summed E-state index contributed by atoms with van der Waals surface area (Å²) in [5.74, 6) is -0.175. The Hall–Kier alpha value is -0.890. The fraction of sp³-hybridized carbons (Fsp3) is 0.400. The number of benzene rings is 1. The molecular weight excluding hydrogens is 155 g/mol. The second-order valence-corrected chi connectivity index (χ2v) is 2.72. The normalized spacial score (nSPS) is 10.2. The number of methoxy groups -OCH3 is 1. The molecule has 0 bridgehead atoms. The molecule has 1 rings (SSSR count). The fourth-order valence-corrected chi connectivity index (χ4v) is 1.07. The van der Waals surface area contributed by atoms with Crippen LogP contribution in [0.5, 0.6) is 0 Å². The molecule has 0 amide bonds. The van der Waals surface area contributed by atoms with Gasteiger partial charge in [0.25, 0.3) is 0 Å². The Morgan fingerprint density at radius 2 is 1.92 bits per heavy atom. The lowest BCUT2D eigenvalue weighted by molar-refractivity contribution is 0.195. The van der Waals surface area contributed by atoms with E-state index in [0.29, 0.717) is 0 Å². The van der Waals surface area contributed by atoms with Crippen LogP contribution < -0.4 is 0 Å². The standard InChI is InChI=1S/C10H13FO/c1-12-8-2-3-9-4-6-10(11)7-5-9/h4-7H,2-3,8H2,1H3. The number of halogens is 1. The van der Waals surface area contributed by atoms with Crippen molar-refractivity contribution in [2.75, 3.05) is 13.7 Å². The Kier molecular flexibility index (Phi) is 3.74. The minimum absolute atomic E-state index is 0.175. The van der Waals surface area contributed by atoms with E-state index in [2.05, 4.69) is 0 Å². The van der Waals surface area contributed by atoms with Crippen LogP contribution in [0.25, 0.3) is 0 Å². The summed E-state index contributed by atoms with van der Waals surface area (Å²) in [4.78, 5) is 0. The summed E-state index contributed by atoms with van der Waals surface area (Å²) < 4.78 is 17.4. The molecule has 1 aromatic rings. The van der Waals surface area contributed by atoms with Gasteiger partial charge in [0, 0.05) is 13.7 Å². The third kappa shape index (κ3) is 3.01. The monoisotopic (exact) mass is 168 g/mol. The summed E-state index contributed by atoms with van der Waals surface area (Å²) in [6.45, 7) is 0.761. The zero-order valence-electron chi connectivity index (χ0n) is 7.22. The van der Waals surface area contributed by atoms with E-state index in [9.17, 15) is 4.39 Å². The van der Waals surface area contributed by atoms with Gasteiger partial charge < -0.3 is 4.74 Å². The average molecular weight is 168 g/mol. The van der Waals surface area contributed by atoms with Crippen LogP contribution in [0.15, 0.2) is 24.3 Å². The van der Waals surface area contributed by atoms with E-state index in [1.54, 1.807) is 7.11 Å². The van der Waals surface area contributed by atoms with Gasteiger partial charge in [0.2, 0.25) is 0 Å². The maximum Gasteiger partial charge on any atom is 0.123 e. The van der Waals surface area contributed by atoms with Crippen LogP contribution in [0.2, 0.25) is 0 Å². The lowest BCUT2D eigenvalue weighted by atomic mass is 10.1. The Labute approximate surface area is 72.2 Å². The molecule has 1 nitrogen and oxygen atoms in total. The number of hydrogen-bond donors (Lipinski definition) is 0. The first kappa shape index (κ1) is 9.20. The zero-order chi connectivity index (χ0) is 8.81. The third-order valence-electron chi connectivity index (χ3n) is 1.73. The van der Waals surface area contributed by atoms with E-state index < -0.39 is 0 Å². The van der Waals surface area contributed by atoms with Crippen molar-refractivity contribution < 1.29 is 9.13 Å². The first-order chi connectivity index (χ1) is 5.83. The summed E-state index contributed by atoms with van der Waals surface area (Å²) in [7, 11) is 1.69. The number of ether oxygens (including phenoxy) is 1. The van der Waals surface area contributed by atoms with E-state index in [4.69, 9.17) is 4.74 Å². The van der Waals surface area contributed by atoms with E-state index >= 15 is 0 Å². The highest BCUT2D eigenvalue weighted by Crippen LogP contribution is 2.04. The van der Waals surface area contributed by atoms with E-state index in [1.165, 1.54) is 12.1 Å². The van der Waals surface area contributed by atoms with Crippen molar-refractivity contribution in [3.05, 3.63) is 35.6 Å². The van der Waals surface area contributed by atoms with Gasteiger partial charge in [-0.15, -0.1) is 0 Å². The Bertz CT molecular complexity index is 218. The third-order valence-corrected chi connectivity index (χ3v) is 1.73. The highest BCUT2D eigenvalue weighted by Gasteiger charge is 1.93. The van der Waals surface area contributed by atoms with Gasteiger partial charge in [0.1, 0.15) is 5.82 Å². The molecule has 2 heteroatoms. The molecule has 1 aromatic carbocycles. The Balaban J connectivity index is 2.37. The molecule has 0 fully saturated rings. The van der Waals surface area contributed by atoms with Gasteiger partial charge in [0.05, 0.1) is 0 Å². The van der Waals surface area contributed by atoms with Gasteiger partial charge >= 0.3 is 0 Å². The molecular formula is C10H13FO. The summed E-state index contributed by atoms with van der Waals surface area (Å²) in [5.41, 5.74) is 1.16. The van der Waals surface area contributed by atoms with E-state index in [0.717, 1.165) is 25.0 Å². The van der Waals surface area contributed by atoms with Gasteiger partial charge in [-0.2, -0.15) is 0 Å². The molecule has 0 N–H and O–H groups in total. The van der Waals surface area contributed by atoms with E-state index in [1.807, 2.05) is 12.1 Å². The van der Waals surface area contributed by atoms with Crippen LogP contribution in [0, 0.1) is 5.82 Å². The van der Waals surface area contributed by atoms with Crippen molar-refractivity contribution in [2.24, 2.45) is 0 Å². The minimum Gasteiger partial charge on any atom is -0.385 e. The SMILES string of the molecule is COCCCc1ccc(F)cc1. The first-order valence-electron chi connectivity index (χ1n) is 4.06. The molecule has 66 valence electrons. The van der Waals surface area contributed by atoms with E-state index in [-0.39, 0.29) is 5.82 Å². The van der Waals surface area contributed by atoms with Gasteiger partial charge in [-0.05, 0) is 30.5 Å². The number of hydrogen-bond acceptors (Lipinski definition) is 1. The van der Waals surface area contributed by atoms with Gasteiger partial charge in [0.15, 0.2) is 0 Å². The number of aryl methyl sites for hydroxylation is 1. The molecule has 0 aromatic heterocycles. The molecule has 0 saturated heterocycles. The fourth-order valence-electron chi connectivity index (χ4n) is 1.07. The molecule has 0 radical (unpaired) electrons. The quantitative estimate of drug-likeness (QED) is 0.627. The molecule has 0 aliphatic carbocycles. The van der Waals surface area contributed by atoms with Crippen molar-refractivity contribution in [3.8, 4) is 0 Å². The highest BCUT2D eigenvalue weighted by atomic mass is 19.1. The molecule has 0 unspecified atom stereocenters. The second kappa shape index (κ2) is 4.88. The first-order valence-corrected chi connectivity index (χ1v) is 4.06. The van der Waals surface area contributed by atoms with Crippen molar-refractivity contribution >= 4 is 0 Å². The lowest BCUT2D eigenvalue weighted by Crippen LogP contribution is -1.92. The van der Waals surface area contributed by atoms with Crippen LogP contribution in [0.1, 0.15) is 12.0 Å². The van der Waals surface area contributed by atoms with Crippen LogP contribution in [0.3, 0.4) is 0 Å². The van der Waals surface area contributed by atoms with Gasteiger partial charge in [-0.25, -0.2) is 4.39 Å². The summed E-state index contributed by atoms with van der Waals surface area (Å²) in [6.07, 6.45) is 1.94. The van der Waals surface area contributed by atoms with Crippen molar-refractivity contribution in [1.82, 2.24) is 0 Å². The van der Waals surface area contributed by atoms with Crippen molar-refractivity contribution in [3.63, 3.8) is 0 Å². The van der Waals surface area contributed by atoms with Crippen molar-refractivity contribution in [2.45, 2.75) is 12.8 Å². The van der Waals surface area contributed by atoms with Crippen molar-refractivity contribution in [1.29, 1.82) is 0 Å². The second-order valence-electron chi connectivity index (χ2n) is 2.72.